The van der Waals surface area contributed by atoms with E-state index in [1.165, 1.54) is 4.90 Å². The summed E-state index contributed by atoms with van der Waals surface area (Å²) in [6, 6.07) is 8.81. The molecular weight excluding hydrogens is 500 g/mol. The number of aliphatic hydroxyl groups is 1. The maximum atomic E-state index is 12.8. The largest absolute Gasteiger partial charge is 0.444 e. The molecule has 1 atom stereocenters. The Bertz CT molecular complexity index is 1530. The lowest BCUT2D eigenvalue weighted by Crippen LogP contribution is -2.36. The number of carbonyl (C=O) groups is 2. The van der Waals surface area contributed by atoms with Gasteiger partial charge in [0.25, 0.3) is 0 Å². The summed E-state index contributed by atoms with van der Waals surface area (Å²) >= 11 is 0. The van der Waals surface area contributed by atoms with Gasteiger partial charge in [0.05, 0.1) is 24.5 Å². The number of rotatable bonds is 5. The Hall–Kier alpha value is -4.12. The summed E-state index contributed by atoms with van der Waals surface area (Å²) in [5.41, 5.74) is 2.94. The fourth-order valence-electron chi connectivity index (χ4n) is 4.20. The molecule has 4 rings (SSSR count). The van der Waals surface area contributed by atoms with Crippen LogP contribution >= 0.6 is 0 Å². The number of alkyl carbamates (subject to hydrolysis) is 1. The summed E-state index contributed by atoms with van der Waals surface area (Å²) in [5, 5.41) is 13.5. The quantitative estimate of drug-likeness (QED) is 0.325. The zero-order valence-electron chi connectivity index (χ0n) is 23.6. The maximum absolute atomic E-state index is 12.8. The zero-order chi connectivity index (χ0) is 28.7. The van der Waals surface area contributed by atoms with Gasteiger partial charge in [-0.3, -0.25) is 4.90 Å². The van der Waals surface area contributed by atoms with E-state index in [0.29, 0.717) is 22.5 Å². The van der Waals surface area contributed by atoms with Crippen molar-refractivity contribution >= 4 is 40.1 Å². The molecule has 0 aliphatic heterocycles. The van der Waals surface area contributed by atoms with Crippen molar-refractivity contribution in [1.82, 2.24) is 24.8 Å². The Morgan fingerprint density at radius 2 is 1.82 bits per heavy atom. The lowest BCUT2D eigenvalue weighted by Gasteiger charge is -2.24. The van der Waals surface area contributed by atoms with E-state index in [1.807, 2.05) is 62.7 Å². The average Bonchev–Trinajstić information content (AvgIpc) is 3.43. The molecular formula is C28H36N6O5. The van der Waals surface area contributed by atoms with Crippen LogP contribution < -0.4 is 10.2 Å². The Kier molecular flexibility index (Phi) is 7.31. The van der Waals surface area contributed by atoms with Crippen molar-refractivity contribution < 1.29 is 24.2 Å². The summed E-state index contributed by atoms with van der Waals surface area (Å²) in [6.45, 7) is 10.5. The minimum absolute atomic E-state index is 0.299. The van der Waals surface area contributed by atoms with E-state index in [-0.39, 0.29) is 6.61 Å². The highest BCUT2D eigenvalue weighted by atomic mass is 16.6. The van der Waals surface area contributed by atoms with E-state index in [1.54, 1.807) is 34.1 Å². The first-order chi connectivity index (χ1) is 18.2. The van der Waals surface area contributed by atoms with E-state index in [2.05, 4.69) is 15.3 Å². The van der Waals surface area contributed by atoms with Gasteiger partial charge in [-0.1, -0.05) is 18.2 Å². The van der Waals surface area contributed by atoms with Gasteiger partial charge in [0, 0.05) is 25.2 Å². The van der Waals surface area contributed by atoms with E-state index < -0.39 is 29.4 Å². The van der Waals surface area contributed by atoms with E-state index in [9.17, 15) is 14.7 Å². The second kappa shape index (κ2) is 10.2. The molecule has 0 bridgehead atoms. The Morgan fingerprint density at radius 3 is 2.46 bits per heavy atom. The number of fused-ring (bicyclic) bond motifs is 3. The van der Waals surface area contributed by atoms with Gasteiger partial charge in [0.1, 0.15) is 22.4 Å². The highest BCUT2D eigenvalue weighted by Crippen LogP contribution is 2.34. The van der Waals surface area contributed by atoms with Crippen molar-refractivity contribution in [2.75, 3.05) is 18.6 Å². The van der Waals surface area contributed by atoms with E-state index in [4.69, 9.17) is 14.5 Å². The fourth-order valence-corrected chi connectivity index (χ4v) is 4.20. The minimum Gasteiger partial charge on any atom is -0.444 e. The third-order valence-electron chi connectivity index (χ3n) is 5.88. The molecule has 11 heteroatoms. The van der Waals surface area contributed by atoms with Crippen LogP contribution in [0, 0.1) is 0 Å². The molecule has 0 aliphatic carbocycles. The van der Waals surface area contributed by atoms with Crippen molar-refractivity contribution in [2.45, 2.75) is 58.8 Å². The number of aryl methyl sites for hydroxylation is 1. The normalized spacial score (nSPS) is 12.9. The molecule has 0 unspecified atom stereocenters. The highest BCUT2D eigenvalue weighted by molar-refractivity contribution is 6.09. The molecule has 39 heavy (non-hydrogen) atoms. The van der Waals surface area contributed by atoms with E-state index in [0.717, 1.165) is 22.2 Å². The number of imidazole rings is 1. The van der Waals surface area contributed by atoms with Gasteiger partial charge in [0.2, 0.25) is 0 Å². The number of nitrogens with zero attached hydrogens (tertiary/aromatic N) is 4. The molecule has 3 aromatic heterocycles. The Labute approximate surface area is 227 Å². The molecule has 0 fully saturated rings. The number of amides is 2. The van der Waals surface area contributed by atoms with Crippen LogP contribution in [0.4, 0.5) is 15.4 Å². The average molecular weight is 537 g/mol. The third kappa shape index (κ3) is 6.14. The van der Waals surface area contributed by atoms with Crippen LogP contribution in [0.2, 0.25) is 0 Å². The number of carbonyl (C=O) groups excluding carboxylic acids is 2. The Morgan fingerprint density at radius 1 is 1.13 bits per heavy atom. The summed E-state index contributed by atoms with van der Waals surface area (Å²) in [7, 11) is 3.49. The molecule has 0 aliphatic rings. The summed E-state index contributed by atoms with van der Waals surface area (Å²) in [5.74, 6) is 0.372. The summed E-state index contributed by atoms with van der Waals surface area (Å²) < 4.78 is 12.8. The number of aromatic nitrogens is 4. The van der Waals surface area contributed by atoms with E-state index >= 15 is 0 Å². The number of aromatic amines is 1. The fraction of sp³-hybridized carbons (Fsp3) is 0.429. The monoisotopic (exact) mass is 536 g/mol. The topological polar surface area (TPSA) is 135 Å². The molecule has 1 aromatic carbocycles. The lowest BCUT2D eigenvalue weighted by molar-refractivity contribution is 0.0481. The molecule has 0 saturated carbocycles. The molecule has 0 radical (unpaired) electrons. The number of pyridine rings is 1. The number of hydrogen-bond donors (Lipinski definition) is 3. The molecule has 11 nitrogen and oxygen atoms in total. The highest BCUT2D eigenvalue weighted by Gasteiger charge is 2.26. The van der Waals surface area contributed by atoms with Crippen LogP contribution in [0.15, 0.2) is 36.7 Å². The first-order valence-corrected chi connectivity index (χ1v) is 12.7. The first kappa shape index (κ1) is 27.9. The second-order valence-corrected chi connectivity index (χ2v) is 11.5. The molecule has 3 heterocycles. The minimum atomic E-state index is -0.659. The molecule has 4 aromatic rings. The first-order valence-electron chi connectivity index (χ1n) is 12.7. The number of ether oxygens (including phenoxy) is 2. The van der Waals surface area contributed by atoms with Gasteiger partial charge in [-0.05, 0) is 64.8 Å². The second-order valence-electron chi connectivity index (χ2n) is 11.5. The number of H-pyrrole nitrogens is 1. The number of benzene rings is 1. The van der Waals surface area contributed by atoms with Crippen LogP contribution in [0.25, 0.3) is 33.3 Å². The Balaban J connectivity index is 1.73. The molecule has 208 valence electrons. The van der Waals surface area contributed by atoms with Crippen molar-refractivity contribution in [3.8, 4) is 11.3 Å². The molecule has 2 amide bonds. The van der Waals surface area contributed by atoms with Gasteiger partial charge in [0.15, 0.2) is 5.82 Å². The third-order valence-corrected chi connectivity index (χ3v) is 5.88. The summed E-state index contributed by atoms with van der Waals surface area (Å²) in [4.78, 5) is 39.1. The van der Waals surface area contributed by atoms with Crippen LogP contribution in [0.5, 0.6) is 0 Å². The predicted molar refractivity (Wildman–Crippen MR) is 150 cm³/mol. The number of anilines is 1. The van der Waals surface area contributed by atoms with Crippen LogP contribution in [-0.4, -0.2) is 61.7 Å². The van der Waals surface area contributed by atoms with Gasteiger partial charge in [-0.15, -0.1) is 0 Å². The van der Waals surface area contributed by atoms with Gasteiger partial charge in [-0.25, -0.2) is 19.6 Å². The molecule has 0 spiro atoms. The number of nitrogens with one attached hydrogen (secondary N) is 2. The van der Waals surface area contributed by atoms with Gasteiger partial charge < -0.3 is 29.4 Å². The van der Waals surface area contributed by atoms with Crippen molar-refractivity contribution in [3.63, 3.8) is 0 Å². The number of aliphatic hydroxyl groups excluding tert-OH is 1. The van der Waals surface area contributed by atoms with Crippen molar-refractivity contribution in [2.24, 2.45) is 7.05 Å². The molecule has 3 N–H and O–H groups in total. The number of hydrogen-bond acceptors (Lipinski definition) is 7. The van der Waals surface area contributed by atoms with Crippen molar-refractivity contribution in [1.29, 1.82) is 0 Å². The predicted octanol–water partition coefficient (Wildman–Crippen LogP) is 5.05. The van der Waals surface area contributed by atoms with Crippen LogP contribution in [0.1, 0.15) is 53.1 Å². The molecule has 0 saturated heterocycles. The van der Waals surface area contributed by atoms with Crippen LogP contribution in [-0.2, 0) is 16.5 Å². The van der Waals surface area contributed by atoms with Gasteiger partial charge >= 0.3 is 12.2 Å². The SMILES string of the molecule is CN(C(=O)OC(C)(C)C)c1nc2[nH]c(-c3cccc([C@H](CO)NC(=O)OC(C)(C)C)c3)cc2c2c1ncn2C. The smallest absolute Gasteiger partial charge is 0.415 e. The standard InChI is InChI=1S/C28H36N6O5/c1-27(2,3)38-25(36)31-20(14-35)17-11-9-10-16(12-17)19-13-18-22-21(29-15-33(22)7)24(32-23(18)30-19)34(8)26(37)39-28(4,5)6/h9-13,15,20,35H,14H2,1-8H3,(H,30,32)(H,31,36)/t20-/m0/s1. The van der Waals surface area contributed by atoms with Crippen LogP contribution in [0.3, 0.4) is 0 Å². The zero-order valence-corrected chi connectivity index (χ0v) is 23.6. The lowest BCUT2D eigenvalue weighted by atomic mass is 10.0. The van der Waals surface area contributed by atoms with Crippen molar-refractivity contribution in [3.05, 3.63) is 42.2 Å². The summed E-state index contributed by atoms with van der Waals surface area (Å²) in [6.07, 6.45) is 0.537. The maximum Gasteiger partial charge on any atom is 0.415 e. The van der Waals surface area contributed by atoms with Gasteiger partial charge in [-0.2, -0.15) is 0 Å².